The summed E-state index contributed by atoms with van der Waals surface area (Å²) < 4.78 is 16.8. The van der Waals surface area contributed by atoms with Crippen molar-refractivity contribution in [2.75, 3.05) is 13.2 Å². The van der Waals surface area contributed by atoms with Crippen molar-refractivity contribution < 1.29 is 28.6 Å². The highest BCUT2D eigenvalue weighted by molar-refractivity contribution is 5.72. The summed E-state index contributed by atoms with van der Waals surface area (Å²) in [5, 5.41) is 0. The Morgan fingerprint density at radius 1 is 0.310 bits per heavy atom. The van der Waals surface area contributed by atoms with E-state index in [0.717, 1.165) is 103 Å². The molecule has 0 bridgehead atoms. The third-order valence-corrected chi connectivity index (χ3v) is 12.3. The van der Waals surface area contributed by atoms with Crippen LogP contribution in [0.25, 0.3) is 0 Å². The highest BCUT2D eigenvalue weighted by Gasteiger charge is 2.19. The van der Waals surface area contributed by atoms with Gasteiger partial charge in [0.2, 0.25) is 0 Å². The molecule has 404 valence electrons. The fourth-order valence-corrected chi connectivity index (χ4v) is 7.94. The predicted octanol–water partition coefficient (Wildman–Crippen LogP) is 19.9. The van der Waals surface area contributed by atoms with E-state index in [2.05, 4.69) is 118 Å². The van der Waals surface area contributed by atoms with Gasteiger partial charge in [-0.15, -0.1) is 0 Å². The molecule has 0 rings (SSSR count). The number of rotatable bonds is 52. The molecular weight excluding hydrogens is 877 g/mol. The van der Waals surface area contributed by atoms with E-state index in [0.29, 0.717) is 12.8 Å². The van der Waals surface area contributed by atoms with E-state index in [9.17, 15) is 14.4 Å². The molecule has 0 heterocycles. The van der Waals surface area contributed by atoms with Gasteiger partial charge in [0.15, 0.2) is 6.10 Å². The second-order valence-corrected chi connectivity index (χ2v) is 19.2. The normalized spacial score (nSPS) is 12.9. The van der Waals surface area contributed by atoms with Crippen LogP contribution in [0.2, 0.25) is 0 Å². The monoisotopic (exact) mass is 985 g/mol. The molecule has 1 unspecified atom stereocenters. The highest BCUT2D eigenvalue weighted by atomic mass is 16.6. The zero-order valence-corrected chi connectivity index (χ0v) is 46.2. The molecular formula is C65H108O6. The van der Waals surface area contributed by atoms with Gasteiger partial charge in [0, 0.05) is 12.8 Å². The molecule has 0 aliphatic heterocycles. The highest BCUT2D eigenvalue weighted by Crippen LogP contribution is 2.15. The van der Waals surface area contributed by atoms with E-state index in [4.69, 9.17) is 14.2 Å². The Hall–Kier alpha value is -3.93. The molecule has 0 aromatic carbocycles. The molecule has 0 aliphatic carbocycles. The number of ether oxygens (including phenoxy) is 3. The second kappa shape index (κ2) is 58.6. The summed E-state index contributed by atoms with van der Waals surface area (Å²) in [5.74, 6) is -1.06. The van der Waals surface area contributed by atoms with Crippen LogP contribution in [0.5, 0.6) is 0 Å². The second-order valence-electron chi connectivity index (χ2n) is 19.2. The molecule has 6 nitrogen and oxygen atoms in total. The van der Waals surface area contributed by atoms with Crippen molar-refractivity contribution in [2.24, 2.45) is 0 Å². The first kappa shape index (κ1) is 67.1. The first-order chi connectivity index (χ1) is 35.0. The van der Waals surface area contributed by atoms with Crippen molar-refractivity contribution in [1.29, 1.82) is 0 Å². The summed E-state index contributed by atoms with van der Waals surface area (Å²) in [4.78, 5) is 38.1. The average Bonchev–Trinajstić information content (AvgIpc) is 3.37. The molecule has 0 N–H and O–H groups in total. The SMILES string of the molecule is CC/C=C\C/C=C\C/C=C\C/C=C\C/C=C\CC(=O)OCC(COC(=O)CCCCCCCCCCC/C=C\CCCCCCCCCC)OC(=O)CCCCCCCCC/C=C\C/C=C\C/C=C\CC. The predicted molar refractivity (Wildman–Crippen MR) is 307 cm³/mol. The van der Waals surface area contributed by atoms with E-state index < -0.39 is 12.1 Å². The summed E-state index contributed by atoms with van der Waals surface area (Å²) >= 11 is 0. The lowest BCUT2D eigenvalue weighted by Gasteiger charge is -2.18. The molecule has 0 spiro atoms. The van der Waals surface area contributed by atoms with Crippen LogP contribution < -0.4 is 0 Å². The number of allylic oxidation sites excluding steroid dienone is 17. The number of unbranched alkanes of at least 4 members (excludes halogenated alkanes) is 24. The molecule has 0 aliphatic rings. The summed E-state index contributed by atoms with van der Waals surface area (Å²) in [6.45, 7) is 6.33. The van der Waals surface area contributed by atoms with Gasteiger partial charge in [0.25, 0.3) is 0 Å². The van der Waals surface area contributed by atoms with Crippen molar-refractivity contribution in [3.05, 3.63) is 109 Å². The minimum Gasteiger partial charge on any atom is -0.462 e. The molecule has 1 atom stereocenters. The van der Waals surface area contributed by atoms with Crippen molar-refractivity contribution in [2.45, 2.75) is 271 Å². The van der Waals surface area contributed by atoms with Gasteiger partial charge in [-0.3, -0.25) is 14.4 Å². The van der Waals surface area contributed by atoms with Gasteiger partial charge < -0.3 is 14.2 Å². The molecule has 71 heavy (non-hydrogen) atoms. The fourth-order valence-electron chi connectivity index (χ4n) is 7.94. The summed E-state index contributed by atoms with van der Waals surface area (Å²) in [7, 11) is 0. The minimum absolute atomic E-state index is 0.114. The van der Waals surface area contributed by atoms with E-state index in [1.165, 1.54) is 122 Å². The first-order valence-corrected chi connectivity index (χ1v) is 29.4. The summed E-state index contributed by atoms with van der Waals surface area (Å²) in [5.41, 5.74) is 0. The lowest BCUT2D eigenvalue weighted by atomic mass is 10.1. The van der Waals surface area contributed by atoms with Gasteiger partial charge in [0.1, 0.15) is 13.2 Å². The molecule has 0 amide bonds. The Morgan fingerprint density at radius 2 is 0.606 bits per heavy atom. The topological polar surface area (TPSA) is 78.9 Å². The van der Waals surface area contributed by atoms with Gasteiger partial charge in [-0.1, -0.05) is 252 Å². The Morgan fingerprint density at radius 3 is 1.00 bits per heavy atom. The Bertz CT molecular complexity index is 1460. The van der Waals surface area contributed by atoms with Crippen molar-refractivity contribution in [1.82, 2.24) is 0 Å². The third-order valence-electron chi connectivity index (χ3n) is 12.3. The lowest BCUT2D eigenvalue weighted by molar-refractivity contribution is -0.166. The Balaban J connectivity index is 4.46. The molecule has 0 aromatic heterocycles. The number of carbonyl (C=O) groups is 3. The minimum atomic E-state index is -0.826. The molecule has 0 saturated heterocycles. The van der Waals surface area contributed by atoms with Gasteiger partial charge in [-0.05, 0) is 103 Å². The van der Waals surface area contributed by atoms with Crippen LogP contribution in [-0.2, 0) is 28.6 Å². The number of hydrogen-bond acceptors (Lipinski definition) is 6. The zero-order valence-electron chi connectivity index (χ0n) is 46.2. The van der Waals surface area contributed by atoms with E-state index in [-0.39, 0.29) is 31.6 Å². The average molecular weight is 986 g/mol. The number of hydrogen-bond donors (Lipinski definition) is 0. The maximum Gasteiger partial charge on any atom is 0.309 e. The number of esters is 3. The van der Waals surface area contributed by atoms with Crippen LogP contribution in [0.1, 0.15) is 265 Å². The standard InChI is InChI=1S/C65H108O6/c1-4-7-10-13-16-19-22-25-28-30-31-32-33-35-37-40-43-46-49-52-55-58-64(67)70-61-62(60-69-63(66)57-54-51-48-45-42-39-36-27-24-21-18-15-12-9-6-3)71-65(68)59-56-53-50-47-44-41-38-34-29-26-23-20-17-14-11-8-5-2/h8-9,11-12,17-18,20-21,26-27,29-31,36,42,45,51,54,62H,4-7,10,13-16,19,22-25,28,32-35,37-41,43-44,46-50,52-53,55-61H2,1-3H3/b11-8-,12-9-,20-17-,21-18-,29-26-,31-30-,36-27-,45-42-,54-51-. The van der Waals surface area contributed by atoms with Gasteiger partial charge in [0.05, 0.1) is 6.42 Å². The fraction of sp³-hybridized carbons (Fsp3) is 0.677. The third kappa shape index (κ3) is 56.9. The van der Waals surface area contributed by atoms with Gasteiger partial charge in [-0.2, -0.15) is 0 Å². The van der Waals surface area contributed by atoms with Gasteiger partial charge >= 0.3 is 17.9 Å². The van der Waals surface area contributed by atoms with Crippen LogP contribution in [0.15, 0.2) is 109 Å². The number of carbonyl (C=O) groups excluding carboxylic acids is 3. The maximum atomic E-state index is 12.9. The quantitative estimate of drug-likeness (QED) is 0.0261. The zero-order chi connectivity index (χ0) is 51.4. The molecule has 6 heteroatoms. The molecule has 0 aromatic rings. The van der Waals surface area contributed by atoms with Crippen LogP contribution in [-0.4, -0.2) is 37.2 Å². The van der Waals surface area contributed by atoms with Crippen LogP contribution in [0, 0.1) is 0 Å². The Kier molecular flexibility index (Phi) is 55.4. The van der Waals surface area contributed by atoms with E-state index in [1.54, 1.807) is 6.08 Å². The van der Waals surface area contributed by atoms with Crippen molar-refractivity contribution >= 4 is 17.9 Å². The summed E-state index contributed by atoms with van der Waals surface area (Å²) in [6, 6.07) is 0. The van der Waals surface area contributed by atoms with Crippen molar-refractivity contribution in [3.63, 3.8) is 0 Å². The molecule has 0 saturated carbocycles. The van der Waals surface area contributed by atoms with Crippen LogP contribution in [0.4, 0.5) is 0 Å². The Labute approximate surface area is 438 Å². The lowest BCUT2D eigenvalue weighted by Crippen LogP contribution is -2.30. The molecule has 0 fully saturated rings. The van der Waals surface area contributed by atoms with Crippen LogP contribution >= 0.6 is 0 Å². The largest absolute Gasteiger partial charge is 0.462 e. The smallest absolute Gasteiger partial charge is 0.309 e. The van der Waals surface area contributed by atoms with Gasteiger partial charge in [-0.25, -0.2) is 0 Å². The van der Waals surface area contributed by atoms with Crippen LogP contribution in [0.3, 0.4) is 0 Å². The summed E-state index contributed by atoms with van der Waals surface area (Å²) in [6.07, 6.45) is 79.7. The van der Waals surface area contributed by atoms with E-state index in [1.807, 2.05) is 6.08 Å². The van der Waals surface area contributed by atoms with E-state index >= 15 is 0 Å². The van der Waals surface area contributed by atoms with Crippen molar-refractivity contribution in [3.8, 4) is 0 Å². The first-order valence-electron chi connectivity index (χ1n) is 29.4. The molecule has 0 radical (unpaired) electrons. The maximum absolute atomic E-state index is 12.9.